The molecule has 0 unspecified atom stereocenters. The summed E-state index contributed by atoms with van der Waals surface area (Å²) >= 11 is 0. The van der Waals surface area contributed by atoms with E-state index in [2.05, 4.69) is 77.8 Å². The normalized spacial score (nSPS) is 19.2. The van der Waals surface area contributed by atoms with E-state index in [1.54, 1.807) is 0 Å². The van der Waals surface area contributed by atoms with E-state index in [1.165, 1.54) is 17.5 Å². The fourth-order valence-electron chi connectivity index (χ4n) is 3.36. The highest BCUT2D eigenvalue weighted by atomic mass is 15.2. The zero-order chi connectivity index (χ0) is 14.5. The van der Waals surface area contributed by atoms with Crippen LogP contribution in [0.1, 0.15) is 30.5 Å². The minimum Gasteiger partial charge on any atom is -0.313 e. The molecule has 110 valence electrons. The minimum absolute atomic E-state index is 0.371. The summed E-state index contributed by atoms with van der Waals surface area (Å²) in [6, 6.07) is 22.8. The molecule has 0 radical (unpaired) electrons. The lowest BCUT2D eigenvalue weighted by Gasteiger charge is -2.29. The van der Waals surface area contributed by atoms with Gasteiger partial charge in [-0.15, -0.1) is 0 Å². The van der Waals surface area contributed by atoms with Gasteiger partial charge in [-0.1, -0.05) is 67.6 Å². The molecule has 1 N–H and O–H groups in total. The predicted molar refractivity (Wildman–Crippen MR) is 88.4 cm³/mol. The topological polar surface area (TPSA) is 15.3 Å². The van der Waals surface area contributed by atoms with E-state index in [0.717, 1.165) is 19.6 Å². The van der Waals surface area contributed by atoms with Gasteiger partial charge < -0.3 is 5.32 Å². The number of likely N-dealkylation sites (N-methyl/N-ethyl adjacent to an activating group) is 1. The van der Waals surface area contributed by atoms with E-state index in [-0.39, 0.29) is 0 Å². The van der Waals surface area contributed by atoms with E-state index in [0.29, 0.717) is 12.1 Å². The Bertz CT molecular complexity index is 499. The molecule has 3 rings (SSSR count). The summed E-state index contributed by atoms with van der Waals surface area (Å²) in [6.45, 7) is 5.53. The minimum atomic E-state index is 0.371. The van der Waals surface area contributed by atoms with Crippen molar-refractivity contribution in [3.63, 3.8) is 0 Å². The largest absolute Gasteiger partial charge is 0.313 e. The molecule has 2 aromatic carbocycles. The van der Waals surface area contributed by atoms with Crippen LogP contribution in [0, 0.1) is 0 Å². The van der Waals surface area contributed by atoms with Gasteiger partial charge in [0.05, 0.1) is 6.04 Å². The molecule has 21 heavy (non-hydrogen) atoms. The summed E-state index contributed by atoms with van der Waals surface area (Å²) in [7, 11) is 0. The molecule has 1 aliphatic heterocycles. The van der Waals surface area contributed by atoms with Gasteiger partial charge in [0, 0.05) is 19.1 Å². The Kier molecular flexibility index (Phi) is 4.69. The van der Waals surface area contributed by atoms with E-state index in [4.69, 9.17) is 0 Å². The van der Waals surface area contributed by atoms with Gasteiger partial charge in [-0.3, -0.25) is 4.90 Å². The molecule has 2 aromatic rings. The number of nitrogens with one attached hydrogen (secondary N) is 1. The lowest BCUT2D eigenvalue weighted by molar-refractivity contribution is 0.273. The molecule has 0 saturated carbocycles. The van der Waals surface area contributed by atoms with Crippen LogP contribution in [0.3, 0.4) is 0 Å². The molecule has 1 saturated heterocycles. The maximum absolute atomic E-state index is 3.59. The summed E-state index contributed by atoms with van der Waals surface area (Å²) in [4.78, 5) is 2.61. The molecule has 0 amide bonds. The lowest BCUT2D eigenvalue weighted by Crippen LogP contribution is -2.34. The maximum Gasteiger partial charge on any atom is 0.0602 e. The van der Waals surface area contributed by atoms with Crippen LogP contribution in [0.15, 0.2) is 60.7 Å². The highest BCUT2D eigenvalue weighted by molar-refractivity contribution is 5.32. The van der Waals surface area contributed by atoms with E-state index in [9.17, 15) is 0 Å². The van der Waals surface area contributed by atoms with Gasteiger partial charge in [0.2, 0.25) is 0 Å². The first-order valence-electron chi connectivity index (χ1n) is 7.96. The van der Waals surface area contributed by atoms with Crippen LogP contribution in [0.2, 0.25) is 0 Å². The van der Waals surface area contributed by atoms with Crippen molar-refractivity contribution >= 4 is 0 Å². The SMILES string of the molecule is CCN[C@@H]1CCN(C(c2ccccc2)c2ccccc2)C1. The molecule has 1 aliphatic rings. The van der Waals surface area contributed by atoms with E-state index >= 15 is 0 Å². The second-order valence-corrected chi connectivity index (χ2v) is 5.76. The van der Waals surface area contributed by atoms with Gasteiger partial charge >= 0.3 is 0 Å². The Morgan fingerprint density at radius 3 is 2.10 bits per heavy atom. The quantitative estimate of drug-likeness (QED) is 0.902. The number of benzene rings is 2. The van der Waals surface area contributed by atoms with Gasteiger partial charge in [-0.2, -0.15) is 0 Å². The monoisotopic (exact) mass is 280 g/mol. The van der Waals surface area contributed by atoms with Crippen LogP contribution < -0.4 is 5.32 Å². The standard InChI is InChI=1S/C19H24N2/c1-2-20-18-13-14-21(15-18)19(16-9-5-3-6-10-16)17-11-7-4-8-12-17/h3-12,18-20H,2,13-15H2,1H3/t18-/m1/s1. The summed E-state index contributed by atoms with van der Waals surface area (Å²) in [5, 5.41) is 3.59. The van der Waals surface area contributed by atoms with Crippen molar-refractivity contribution in [1.82, 2.24) is 10.2 Å². The first kappa shape index (κ1) is 14.3. The Balaban J connectivity index is 1.87. The predicted octanol–water partition coefficient (Wildman–Crippen LogP) is 3.46. The molecule has 1 atom stereocenters. The second-order valence-electron chi connectivity index (χ2n) is 5.76. The molecule has 0 aliphatic carbocycles. The zero-order valence-corrected chi connectivity index (χ0v) is 12.7. The summed E-state index contributed by atoms with van der Waals surface area (Å²) < 4.78 is 0. The van der Waals surface area contributed by atoms with Crippen LogP contribution in [0.5, 0.6) is 0 Å². The van der Waals surface area contributed by atoms with Crippen molar-refractivity contribution < 1.29 is 0 Å². The van der Waals surface area contributed by atoms with Gasteiger partial charge in [0.15, 0.2) is 0 Å². The first-order chi connectivity index (χ1) is 10.4. The average molecular weight is 280 g/mol. The Morgan fingerprint density at radius 1 is 1.00 bits per heavy atom. The number of hydrogen-bond donors (Lipinski definition) is 1. The number of likely N-dealkylation sites (tertiary alicyclic amines) is 1. The van der Waals surface area contributed by atoms with Crippen LogP contribution >= 0.6 is 0 Å². The van der Waals surface area contributed by atoms with Crippen molar-refractivity contribution in [3.05, 3.63) is 71.8 Å². The summed E-state index contributed by atoms with van der Waals surface area (Å²) in [6.07, 6.45) is 1.24. The number of rotatable bonds is 5. The van der Waals surface area contributed by atoms with E-state index < -0.39 is 0 Å². The Morgan fingerprint density at radius 2 is 1.57 bits per heavy atom. The lowest BCUT2D eigenvalue weighted by atomic mass is 9.97. The second kappa shape index (κ2) is 6.88. The van der Waals surface area contributed by atoms with Crippen molar-refractivity contribution in [2.75, 3.05) is 19.6 Å². The fraction of sp³-hybridized carbons (Fsp3) is 0.368. The van der Waals surface area contributed by atoms with Crippen molar-refractivity contribution in [2.24, 2.45) is 0 Å². The molecular formula is C19H24N2. The molecule has 0 bridgehead atoms. The number of hydrogen-bond acceptors (Lipinski definition) is 2. The average Bonchev–Trinajstić information content (AvgIpc) is 2.98. The molecule has 0 aromatic heterocycles. The third kappa shape index (κ3) is 3.34. The molecule has 1 heterocycles. The van der Waals surface area contributed by atoms with Crippen molar-refractivity contribution in [1.29, 1.82) is 0 Å². The van der Waals surface area contributed by atoms with Gasteiger partial charge in [-0.05, 0) is 24.1 Å². The van der Waals surface area contributed by atoms with Gasteiger partial charge in [-0.25, -0.2) is 0 Å². The molecule has 0 spiro atoms. The van der Waals surface area contributed by atoms with Crippen molar-refractivity contribution in [3.8, 4) is 0 Å². The van der Waals surface area contributed by atoms with Gasteiger partial charge in [0.1, 0.15) is 0 Å². The van der Waals surface area contributed by atoms with Crippen molar-refractivity contribution in [2.45, 2.75) is 25.4 Å². The summed E-state index contributed by atoms with van der Waals surface area (Å²) in [5.41, 5.74) is 2.78. The Labute approximate surface area is 127 Å². The highest BCUT2D eigenvalue weighted by Gasteiger charge is 2.29. The van der Waals surface area contributed by atoms with E-state index in [1.807, 2.05) is 0 Å². The Hall–Kier alpha value is -1.64. The molecule has 2 heteroatoms. The molecular weight excluding hydrogens is 256 g/mol. The van der Waals surface area contributed by atoms with Crippen LogP contribution in [0.4, 0.5) is 0 Å². The summed E-state index contributed by atoms with van der Waals surface area (Å²) in [5.74, 6) is 0. The fourth-order valence-corrected chi connectivity index (χ4v) is 3.36. The molecule has 1 fully saturated rings. The smallest absolute Gasteiger partial charge is 0.0602 e. The number of nitrogens with zero attached hydrogens (tertiary/aromatic N) is 1. The maximum atomic E-state index is 3.59. The highest BCUT2D eigenvalue weighted by Crippen LogP contribution is 2.31. The third-order valence-corrected chi connectivity index (χ3v) is 4.31. The molecule has 2 nitrogen and oxygen atoms in total. The zero-order valence-electron chi connectivity index (χ0n) is 12.7. The third-order valence-electron chi connectivity index (χ3n) is 4.31. The van der Waals surface area contributed by atoms with Crippen LogP contribution in [0.25, 0.3) is 0 Å². The van der Waals surface area contributed by atoms with Crippen LogP contribution in [-0.2, 0) is 0 Å². The first-order valence-corrected chi connectivity index (χ1v) is 7.96. The van der Waals surface area contributed by atoms with Crippen LogP contribution in [-0.4, -0.2) is 30.6 Å². The van der Waals surface area contributed by atoms with Gasteiger partial charge in [0.25, 0.3) is 0 Å².